The minimum absolute atomic E-state index is 0.146. The third-order valence-corrected chi connectivity index (χ3v) is 4.08. The Hall–Kier alpha value is -1.36. The molecule has 0 bridgehead atoms. The largest absolute Gasteiger partial charge is 0.345 e. The predicted octanol–water partition coefficient (Wildman–Crippen LogP) is 3.14. The van der Waals surface area contributed by atoms with Gasteiger partial charge in [-0.05, 0) is 43.5 Å². The third kappa shape index (κ3) is 4.07. The fourth-order valence-corrected chi connectivity index (χ4v) is 2.92. The summed E-state index contributed by atoms with van der Waals surface area (Å²) in [7, 11) is 0. The summed E-state index contributed by atoms with van der Waals surface area (Å²) in [5.41, 5.74) is 1.58. The van der Waals surface area contributed by atoms with E-state index in [0.717, 1.165) is 35.7 Å². The Kier molecular flexibility index (Phi) is 5.17. The normalized spacial score (nSPS) is 15.7. The zero-order valence-corrected chi connectivity index (χ0v) is 13.1. The molecule has 2 rings (SSSR count). The van der Waals surface area contributed by atoms with E-state index in [1.807, 2.05) is 19.1 Å². The van der Waals surface area contributed by atoms with E-state index in [1.165, 1.54) is 6.42 Å². The molecule has 5 heteroatoms. The first-order valence-electron chi connectivity index (χ1n) is 6.94. The van der Waals surface area contributed by atoms with E-state index < -0.39 is 11.8 Å². The molecule has 0 atom stereocenters. The van der Waals surface area contributed by atoms with Crippen LogP contribution in [-0.4, -0.2) is 17.9 Å². The van der Waals surface area contributed by atoms with Crippen LogP contribution in [0.25, 0.3) is 0 Å². The Morgan fingerprint density at radius 2 is 1.85 bits per heavy atom. The van der Waals surface area contributed by atoms with Crippen molar-refractivity contribution in [1.82, 2.24) is 5.32 Å². The number of benzene rings is 1. The molecule has 0 spiro atoms. The molecule has 1 fully saturated rings. The van der Waals surface area contributed by atoms with Gasteiger partial charge < -0.3 is 10.6 Å². The van der Waals surface area contributed by atoms with Crippen molar-refractivity contribution in [3.8, 4) is 0 Å². The fraction of sp³-hybridized carbons (Fsp3) is 0.467. The van der Waals surface area contributed by atoms with E-state index in [9.17, 15) is 9.59 Å². The first-order valence-corrected chi connectivity index (χ1v) is 7.73. The summed E-state index contributed by atoms with van der Waals surface area (Å²) in [5.74, 6) is -1.14. The lowest BCUT2D eigenvalue weighted by molar-refractivity contribution is -0.136. The van der Waals surface area contributed by atoms with Crippen molar-refractivity contribution in [3.05, 3.63) is 28.2 Å². The van der Waals surface area contributed by atoms with Crippen LogP contribution < -0.4 is 10.6 Å². The highest BCUT2D eigenvalue weighted by atomic mass is 79.9. The molecular weight excluding hydrogens is 320 g/mol. The highest BCUT2D eigenvalue weighted by Gasteiger charge is 2.20. The van der Waals surface area contributed by atoms with Crippen molar-refractivity contribution >= 4 is 33.4 Å². The van der Waals surface area contributed by atoms with Gasteiger partial charge in [-0.1, -0.05) is 35.2 Å². The first-order chi connectivity index (χ1) is 9.56. The zero-order chi connectivity index (χ0) is 14.5. The molecule has 1 aromatic rings. The van der Waals surface area contributed by atoms with Crippen LogP contribution in [0.5, 0.6) is 0 Å². The number of aryl methyl sites for hydroxylation is 1. The maximum atomic E-state index is 11.9. The second-order valence-corrected chi connectivity index (χ2v) is 6.14. The Labute approximate surface area is 127 Å². The summed E-state index contributed by atoms with van der Waals surface area (Å²) in [6, 6.07) is 5.66. The van der Waals surface area contributed by atoms with E-state index in [1.54, 1.807) is 6.07 Å². The van der Waals surface area contributed by atoms with E-state index in [4.69, 9.17) is 0 Å². The number of rotatable bonds is 2. The summed E-state index contributed by atoms with van der Waals surface area (Å²) in [5, 5.41) is 5.46. The van der Waals surface area contributed by atoms with Crippen LogP contribution >= 0.6 is 15.9 Å². The van der Waals surface area contributed by atoms with Gasteiger partial charge in [0.1, 0.15) is 0 Å². The van der Waals surface area contributed by atoms with Crippen molar-refractivity contribution < 1.29 is 9.59 Å². The summed E-state index contributed by atoms with van der Waals surface area (Å²) < 4.78 is 0.944. The molecule has 1 aromatic carbocycles. The summed E-state index contributed by atoms with van der Waals surface area (Å²) in [6.07, 6.45) is 5.40. The summed E-state index contributed by atoms with van der Waals surface area (Å²) in [4.78, 5) is 23.7. The van der Waals surface area contributed by atoms with Crippen LogP contribution in [0.4, 0.5) is 5.69 Å². The molecule has 0 heterocycles. The molecule has 0 saturated heterocycles. The maximum absolute atomic E-state index is 11.9. The van der Waals surface area contributed by atoms with Gasteiger partial charge in [-0.2, -0.15) is 0 Å². The molecule has 0 unspecified atom stereocenters. The number of nitrogens with one attached hydrogen (secondary N) is 2. The summed E-state index contributed by atoms with van der Waals surface area (Å²) >= 11 is 3.37. The second kappa shape index (κ2) is 6.88. The Balaban J connectivity index is 1.91. The van der Waals surface area contributed by atoms with Crippen LogP contribution in [-0.2, 0) is 9.59 Å². The standard InChI is InChI=1S/C15H19BrN2O2/c1-10-9-11(16)7-8-13(10)18-15(20)14(19)17-12-5-3-2-4-6-12/h7-9,12H,2-6H2,1H3,(H,17,19)(H,18,20). The topological polar surface area (TPSA) is 58.2 Å². The van der Waals surface area contributed by atoms with Gasteiger partial charge >= 0.3 is 11.8 Å². The van der Waals surface area contributed by atoms with Crippen LogP contribution in [0.3, 0.4) is 0 Å². The number of hydrogen-bond acceptors (Lipinski definition) is 2. The fourth-order valence-electron chi connectivity index (χ4n) is 2.44. The molecule has 4 nitrogen and oxygen atoms in total. The SMILES string of the molecule is Cc1cc(Br)ccc1NC(=O)C(=O)NC1CCCCC1. The van der Waals surface area contributed by atoms with Crippen LogP contribution in [0.15, 0.2) is 22.7 Å². The molecule has 1 aliphatic carbocycles. The summed E-state index contributed by atoms with van der Waals surface area (Å²) in [6.45, 7) is 1.89. The van der Waals surface area contributed by atoms with E-state index in [2.05, 4.69) is 26.6 Å². The molecule has 0 radical (unpaired) electrons. The predicted molar refractivity (Wildman–Crippen MR) is 82.5 cm³/mol. The molecule has 108 valence electrons. The minimum atomic E-state index is -0.596. The molecule has 1 saturated carbocycles. The molecule has 20 heavy (non-hydrogen) atoms. The average Bonchev–Trinajstić information content (AvgIpc) is 2.43. The number of carbonyl (C=O) groups is 2. The van der Waals surface area contributed by atoms with Crippen LogP contribution in [0, 0.1) is 6.92 Å². The number of halogens is 1. The smallest absolute Gasteiger partial charge is 0.313 e. The first kappa shape index (κ1) is 15.0. The third-order valence-electron chi connectivity index (χ3n) is 3.58. The lowest BCUT2D eigenvalue weighted by Gasteiger charge is -2.22. The monoisotopic (exact) mass is 338 g/mol. The maximum Gasteiger partial charge on any atom is 0.313 e. The van der Waals surface area contributed by atoms with Crippen molar-refractivity contribution in [2.24, 2.45) is 0 Å². The Morgan fingerprint density at radius 3 is 2.50 bits per heavy atom. The lowest BCUT2D eigenvalue weighted by atomic mass is 9.95. The van der Waals surface area contributed by atoms with Crippen molar-refractivity contribution in [3.63, 3.8) is 0 Å². The van der Waals surface area contributed by atoms with E-state index in [0.29, 0.717) is 5.69 Å². The van der Waals surface area contributed by atoms with Crippen LogP contribution in [0.1, 0.15) is 37.7 Å². The van der Waals surface area contributed by atoms with Crippen LogP contribution in [0.2, 0.25) is 0 Å². The number of carbonyl (C=O) groups excluding carboxylic acids is 2. The van der Waals surface area contributed by atoms with Crippen molar-refractivity contribution in [2.45, 2.75) is 45.1 Å². The Morgan fingerprint density at radius 1 is 1.15 bits per heavy atom. The molecule has 1 aliphatic rings. The molecular formula is C15H19BrN2O2. The van der Waals surface area contributed by atoms with Crippen molar-refractivity contribution in [1.29, 1.82) is 0 Å². The molecule has 0 aromatic heterocycles. The highest BCUT2D eigenvalue weighted by molar-refractivity contribution is 9.10. The minimum Gasteiger partial charge on any atom is -0.345 e. The molecule has 2 amide bonds. The van der Waals surface area contributed by atoms with Gasteiger partial charge in [0, 0.05) is 16.2 Å². The second-order valence-electron chi connectivity index (χ2n) is 5.22. The van der Waals surface area contributed by atoms with Gasteiger partial charge in [-0.3, -0.25) is 9.59 Å². The van der Waals surface area contributed by atoms with Crippen molar-refractivity contribution in [2.75, 3.05) is 5.32 Å². The van der Waals surface area contributed by atoms with Gasteiger partial charge in [0.25, 0.3) is 0 Å². The van der Waals surface area contributed by atoms with Gasteiger partial charge in [-0.15, -0.1) is 0 Å². The van der Waals surface area contributed by atoms with Gasteiger partial charge in [0.2, 0.25) is 0 Å². The quantitative estimate of drug-likeness (QED) is 0.814. The average molecular weight is 339 g/mol. The molecule has 0 aliphatic heterocycles. The molecule has 2 N–H and O–H groups in total. The number of amides is 2. The van der Waals surface area contributed by atoms with E-state index >= 15 is 0 Å². The Bertz CT molecular complexity index is 511. The van der Waals surface area contributed by atoms with Gasteiger partial charge in [0.05, 0.1) is 0 Å². The highest BCUT2D eigenvalue weighted by Crippen LogP contribution is 2.20. The zero-order valence-electron chi connectivity index (χ0n) is 11.5. The number of hydrogen-bond donors (Lipinski definition) is 2. The lowest BCUT2D eigenvalue weighted by Crippen LogP contribution is -2.42. The number of anilines is 1. The van der Waals surface area contributed by atoms with Gasteiger partial charge in [0.15, 0.2) is 0 Å². The van der Waals surface area contributed by atoms with Gasteiger partial charge in [-0.25, -0.2) is 0 Å². The van der Waals surface area contributed by atoms with E-state index in [-0.39, 0.29) is 6.04 Å².